The average molecular weight is 222 g/mol. The lowest BCUT2D eigenvalue weighted by Gasteiger charge is -2.10. The Morgan fingerprint density at radius 1 is 0.750 bits per heavy atom. The van der Waals surface area contributed by atoms with Gasteiger partial charge in [0.15, 0.2) is 0 Å². The van der Waals surface area contributed by atoms with Gasteiger partial charge in [-0.15, -0.1) is 0 Å². The van der Waals surface area contributed by atoms with Gasteiger partial charge in [0.1, 0.15) is 0 Å². The molecule has 0 spiro atoms. The van der Waals surface area contributed by atoms with E-state index in [9.17, 15) is 16.8 Å². The van der Waals surface area contributed by atoms with Crippen molar-refractivity contribution in [2.45, 2.75) is 10.9 Å². The number of hydrogen-bond donors (Lipinski definition) is 4. The maximum Gasteiger partial charge on any atom is 0.295 e. The zero-order valence-electron chi connectivity index (χ0n) is 5.39. The molecule has 0 fully saturated rings. The lowest BCUT2D eigenvalue weighted by atomic mass is 10.8. The van der Waals surface area contributed by atoms with Gasteiger partial charge in [-0.1, -0.05) is 0 Å². The summed E-state index contributed by atoms with van der Waals surface area (Å²) in [6, 6.07) is 0. The molecule has 0 bridgehead atoms. The Morgan fingerprint density at radius 2 is 0.917 bits per heavy atom. The molecule has 0 unspecified atom stereocenters. The predicted molar refractivity (Wildman–Crippen MR) is 35.1 cm³/mol. The Labute approximate surface area is 67.9 Å². The molecule has 0 aromatic carbocycles. The van der Waals surface area contributed by atoms with E-state index in [0.717, 1.165) is 0 Å². The van der Waals surface area contributed by atoms with Crippen LogP contribution in [-0.4, -0.2) is 47.0 Å². The predicted octanol–water partition coefficient (Wildman–Crippen LogP) is -2.60. The lowest BCUT2D eigenvalue weighted by molar-refractivity contribution is 0.107. The number of rotatable bonds is 3. The third kappa shape index (κ3) is 3.00. The van der Waals surface area contributed by atoms with Crippen LogP contribution < -0.4 is 0 Å². The fourth-order valence-corrected chi connectivity index (χ4v) is 1.73. The van der Waals surface area contributed by atoms with Gasteiger partial charge in [0.05, 0.1) is 0 Å². The Balaban J connectivity index is 4.89. The van der Waals surface area contributed by atoms with Gasteiger partial charge in [0, 0.05) is 0 Å². The third-order valence-corrected chi connectivity index (χ3v) is 2.76. The number of aliphatic hydroxyl groups excluding tert-OH is 2. The minimum Gasteiger partial charge on any atom is -0.372 e. The van der Waals surface area contributed by atoms with Crippen molar-refractivity contribution < 1.29 is 36.2 Å². The monoisotopic (exact) mass is 222 g/mol. The smallest absolute Gasteiger partial charge is 0.295 e. The van der Waals surface area contributed by atoms with Gasteiger partial charge in [-0.3, -0.25) is 9.11 Å². The van der Waals surface area contributed by atoms with Crippen molar-refractivity contribution in [2.75, 3.05) is 0 Å². The molecule has 0 aromatic rings. The highest BCUT2D eigenvalue weighted by Crippen LogP contribution is 2.06. The summed E-state index contributed by atoms with van der Waals surface area (Å²) in [6.45, 7) is 0. The summed E-state index contributed by atoms with van der Waals surface area (Å²) < 4.78 is 56.0. The van der Waals surface area contributed by atoms with Crippen molar-refractivity contribution in [3.05, 3.63) is 0 Å². The molecule has 0 saturated heterocycles. The Hall–Kier alpha value is -0.260. The largest absolute Gasteiger partial charge is 0.372 e. The van der Waals surface area contributed by atoms with Crippen LogP contribution in [0.2, 0.25) is 0 Å². The van der Waals surface area contributed by atoms with Crippen molar-refractivity contribution in [2.24, 2.45) is 0 Å². The van der Waals surface area contributed by atoms with E-state index in [-0.39, 0.29) is 0 Å². The summed E-state index contributed by atoms with van der Waals surface area (Å²) in [5, 5.41) is 16.7. The van der Waals surface area contributed by atoms with Crippen molar-refractivity contribution in [1.29, 1.82) is 0 Å². The van der Waals surface area contributed by atoms with E-state index in [1.807, 2.05) is 0 Å². The molecular formula is C2H6O8S2. The molecule has 0 aliphatic rings. The molecule has 0 aliphatic heterocycles. The van der Waals surface area contributed by atoms with Crippen LogP contribution in [0.5, 0.6) is 0 Å². The Bertz CT molecular complexity index is 299. The van der Waals surface area contributed by atoms with Crippen molar-refractivity contribution >= 4 is 20.2 Å². The second kappa shape index (κ2) is 3.24. The molecule has 0 heterocycles. The number of hydrogen-bond acceptors (Lipinski definition) is 6. The minimum atomic E-state index is -5.12. The first-order chi connectivity index (χ1) is 5.07. The summed E-state index contributed by atoms with van der Waals surface area (Å²) in [6.07, 6.45) is 0. The highest BCUT2D eigenvalue weighted by atomic mass is 32.2. The summed E-state index contributed by atoms with van der Waals surface area (Å²) in [7, 11) is -10.2. The van der Waals surface area contributed by atoms with Gasteiger partial charge in [-0.2, -0.15) is 16.8 Å². The maximum absolute atomic E-state index is 9.99. The van der Waals surface area contributed by atoms with E-state index in [4.69, 9.17) is 19.3 Å². The summed E-state index contributed by atoms with van der Waals surface area (Å²) >= 11 is 0. The standard InChI is InChI=1S/C2H6O8S2/c3-1(11(5,6)7)2(4)12(8,9)10/h1-4H,(H,5,6,7)(H,8,9,10)/t1-,2+. The molecular weight excluding hydrogens is 216 g/mol. The molecule has 0 saturated carbocycles. The molecule has 10 heteroatoms. The fourth-order valence-electron chi connectivity index (χ4n) is 0.294. The summed E-state index contributed by atoms with van der Waals surface area (Å²) in [4.78, 5) is 0. The summed E-state index contributed by atoms with van der Waals surface area (Å²) in [5.74, 6) is 0. The van der Waals surface area contributed by atoms with Gasteiger partial charge in [-0.25, -0.2) is 0 Å². The molecule has 2 atom stereocenters. The summed E-state index contributed by atoms with van der Waals surface area (Å²) in [5.41, 5.74) is -5.96. The average Bonchev–Trinajstić information content (AvgIpc) is 1.80. The zero-order chi connectivity index (χ0) is 10.2. The van der Waals surface area contributed by atoms with Crippen LogP contribution in [0.3, 0.4) is 0 Å². The van der Waals surface area contributed by atoms with E-state index in [2.05, 4.69) is 0 Å². The van der Waals surface area contributed by atoms with Gasteiger partial charge < -0.3 is 10.2 Å². The first-order valence-corrected chi connectivity index (χ1v) is 5.36. The zero-order valence-corrected chi connectivity index (χ0v) is 7.03. The molecule has 12 heavy (non-hydrogen) atoms. The van der Waals surface area contributed by atoms with Gasteiger partial charge in [0.25, 0.3) is 20.2 Å². The molecule has 74 valence electrons. The van der Waals surface area contributed by atoms with E-state index in [0.29, 0.717) is 0 Å². The topological polar surface area (TPSA) is 149 Å². The SMILES string of the molecule is O=S(=O)(O)[C@H](O)[C@H](O)S(=O)(=O)O. The van der Waals surface area contributed by atoms with E-state index in [1.54, 1.807) is 0 Å². The second-order valence-electron chi connectivity index (χ2n) is 1.81. The normalized spacial score (nSPS) is 18.7. The van der Waals surface area contributed by atoms with Gasteiger partial charge in [-0.05, 0) is 0 Å². The minimum absolute atomic E-state index is 2.98. The lowest BCUT2D eigenvalue weighted by Crippen LogP contribution is -2.38. The number of aliphatic hydroxyl groups is 2. The Kier molecular flexibility index (Phi) is 3.17. The highest BCUT2D eigenvalue weighted by Gasteiger charge is 2.37. The first-order valence-electron chi connectivity index (χ1n) is 2.35. The van der Waals surface area contributed by atoms with E-state index < -0.39 is 31.1 Å². The van der Waals surface area contributed by atoms with E-state index in [1.165, 1.54) is 0 Å². The van der Waals surface area contributed by atoms with Crippen LogP contribution in [0, 0.1) is 0 Å². The van der Waals surface area contributed by atoms with Crippen molar-refractivity contribution in [3.63, 3.8) is 0 Å². The molecule has 4 N–H and O–H groups in total. The van der Waals surface area contributed by atoms with Crippen LogP contribution in [0.1, 0.15) is 0 Å². The van der Waals surface area contributed by atoms with Gasteiger partial charge in [0.2, 0.25) is 10.9 Å². The van der Waals surface area contributed by atoms with Crippen LogP contribution in [0.15, 0.2) is 0 Å². The second-order valence-corrected chi connectivity index (χ2v) is 4.84. The molecule has 0 radical (unpaired) electrons. The molecule has 8 nitrogen and oxygen atoms in total. The highest BCUT2D eigenvalue weighted by molar-refractivity contribution is 7.90. The molecule has 0 aromatic heterocycles. The van der Waals surface area contributed by atoms with Crippen molar-refractivity contribution in [3.8, 4) is 0 Å². The first kappa shape index (κ1) is 11.7. The quantitative estimate of drug-likeness (QED) is 0.379. The Morgan fingerprint density at radius 3 is 1.00 bits per heavy atom. The molecule has 0 rings (SSSR count). The van der Waals surface area contributed by atoms with Crippen LogP contribution in [0.4, 0.5) is 0 Å². The van der Waals surface area contributed by atoms with Gasteiger partial charge >= 0.3 is 0 Å². The van der Waals surface area contributed by atoms with Crippen LogP contribution >= 0.6 is 0 Å². The van der Waals surface area contributed by atoms with Crippen LogP contribution in [0.25, 0.3) is 0 Å². The van der Waals surface area contributed by atoms with Crippen LogP contribution in [-0.2, 0) is 20.2 Å². The molecule has 0 aliphatic carbocycles. The fraction of sp³-hybridized carbons (Fsp3) is 1.00. The molecule has 0 amide bonds. The third-order valence-electron chi connectivity index (χ3n) is 0.854. The van der Waals surface area contributed by atoms with Crippen molar-refractivity contribution in [1.82, 2.24) is 0 Å². The maximum atomic E-state index is 9.99. The van der Waals surface area contributed by atoms with E-state index >= 15 is 0 Å².